The SMILES string of the molecule is CCOC(=O)c1sc2nc(C=Cc3ccc(OCC(=O)O)cc3)[nH]c(=O)c2c1C. The van der Waals surface area contributed by atoms with E-state index < -0.39 is 18.5 Å². The van der Waals surface area contributed by atoms with Crippen LogP contribution in [0.2, 0.25) is 0 Å². The second-order valence-corrected chi connectivity index (χ2v) is 6.99. The number of benzene rings is 1. The monoisotopic (exact) mass is 414 g/mol. The average Bonchev–Trinajstić information content (AvgIpc) is 3.03. The van der Waals surface area contributed by atoms with Crippen molar-refractivity contribution in [1.82, 2.24) is 9.97 Å². The molecule has 3 aromatic rings. The Morgan fingerprint density at radius 3 is 2.62 bits per heavy atom. The molecule has 0 atom stereocenters. The number of nitrogens with zero attached hydrogens (tertiary/aromatic N) is 1. The van der Waals surface area contributed by atoms with Crippen LogP contribution in [-0.4, -0.2) is 40.2 Å². The number of fused-ring (bicyclic) bond motifs is 1. The molecule has 0 saturated heterocycles. The molecule has 1 aromatic carbocycles. The molecule has 0 fully saturated rings. The molecule has 0 aliphatic carbocycles. The Morgan fingerprint density at radius 1 is 1.24 bits per heavy atom. The Balaban J connectivity index is 1.84. The zero-order valence-electron chi connectivity index (χ0n) is 15.7. The van der Waals surface area contributed by atoms with Crippen molar-refractivity contribution >= 4 is 45.6 Å². The average molecular weight is 414 g/mol. The fourth-order valence-electron chi connectivity index (χ4n) is 2.63. The number of H-pyrrole nitrogens is 1. The molecule has 9 heteroatoms. The van der Waals surface area contributed by atoms with Crippen LogP contribution in [0.25, 0.3) is 22.4 Å². The van der Waals surface area contributed by atoms with Gasteiger partial charge in [-0.2, -0.15) is 0 Å². The van der Waals surface area contributed by atoms with Gasteiger partial charge in [0.25, 0.3) is 5.56 Å². The molecule has 3 rings (SSSR count). The number of carboxylic acids is 1. The molecular weight excluding hydrogens is 396 g/mol. The summed E-state index contributed by atoms with van der Waals surface area (Å²) < 4.78 is 10.1. The molecule has 8 nitrogen and oxygen atoms in total. The van der Waals surface area contributed by atoms with Gasteiger partial charge < -0.3 is 19.6 Å². The molecule has 2 N–H and O–H groups in total. The predicted molar refractivity (Wildman–Crippen MR) is 109 cm³/mol. The maximum absolute atomic E-state index is 12.5. The van der Waals surface area contributed by atoms with Gasteiger partial charge in [0.05, 0.1) is 12.0 Å². The quantitative estimate of drug-likeness (QED) is 0.570. The van der Waals surface area contributed by atoms with Crippen molar-refractivity contribution in [2.24, 2.45) is 0 Å². The first-order valence-electron chi connectivity index (χ1n) is 8.72. The molecule has 0 radical (unpaired) electrons. The Bertz CT molecular complexity index is 1140. The summed E-state index contributed by atoms with van der Waals surface area (Å²) in [7, 11) is 0. The lowest BCUT2D eigenvalue weighted by Crippen LogP contribution is -2.10. The molecule has 0 aliphatic rings. The smallest absolute Gasteiger partial charge is 0.348 e. The topological polar surface area (TPSA) is 119 Å². The Morgan fingerprint density at radius 2 is 1.97 bits per heavy atom. The summed E-state index contributed by atoms with van der Waals surface area (Å²) in [5.41, 5.74) is 1.05. The minimum atomic E-state index is -1.05. The third-order valence-corrected chi connectivity index (χ3v) is 5.12. The minimum Gasteiger partial charge on any atom is -0.482 e. The van der Waals surface area contributed by atoms with Crippen molar-refractivity contribution in [3.8, 4) is 5.75 Å². The second kappa shape index (κ2) is 8.70. The first-order chi connectivity index (χ1) is 13.9. The van der Waals surface area contributed by atoms with Crippen molar-refractivity contribution in [2.75, 3.05) is 13.2 Å². The third kappa shape index (κ3) is 4.69. The molecule has 0 amide bonds. The number of aryl methyl sites for hydroxylation is 1. The van der Waals surface area contributed by atoms with Crippen molar-refractivity contribution in [1.29, 1.82) is 0 Å². The molecule has 2 aromatic heterocycles. The van der Waals surface area contributed by atoms with E-state index in [0.717, 1.165) is 16.9 Å². The van der Waals surface area contributed by atoms with Crippen LogP contribution in [0.1, 0.15) is 33.5 Å². The number of carbonyl (C=O) groups excluding carboxylic acids is 1. The Kier molecular flexibility index (Phi) is 6.08. The number of aliphatic carboxylic acids is 1. The van der Waals surface area contributed by atoms with E-state index in [-0.39, 0.29) is 12.2 Å². The van der Waals surface area contributed by atoms with E-state index in [1.807, 2.05) is 0 Å². The number of carbonyl (C=O) groups is 2. The van der Waals surface area contributed by atoms with E-state index in [9.17, 15) is 14.4 Å². The summed E-state index contributed by atoms with van der Waals surface area (Å²) in [5, 5.41) is 9.00. The number of hydrogen-bond acceptors (Lipinski definition) is 7. The lowest BCUT2D eigenvalue weighted by Gasteiger charge is -2.02. The van der Waals surface area contributed by atoms with Gasteiger partial charge in [-0.1, -0.05) is 18.2 Å². The fourth-order valence-corrected chi connectivity index (χ4v) is 3.71. The maximum atomic E-state index is 12.5. The summed E-state index contributed by atoms with van der Waals surface area (Å²) >= 11 is 1.13. The number of ether oxygens (including phenoxy) is 2. The van der Waals surface area contributed by atoms with Crippen LogP contribution in [0.3, 0.4) is 0 Å². The van der Waals surface area contributed by atoms with E-state index in [1.54, 1.807) is 50.3 Å². The minimum absolute atomic E-state index is 0.254. The van der Waals surface area contributed by atoms with Gasteiger partial charge in [0.2, 0.25) is 0 Å². The standard InChI is InChI=1S/C20H18N2O6S/c1-3-27-20(26)17-11(2)16-18(25)21-14(22-19(16)29-17)9-6-12-4-7-13(8-5-12)28-10-15(23)24/h4-9H,3,10H2,1-2H3,(H,23,24)(H,21,22,25). The van der Waals surface area contributed by atoms with Crippen molar-refractivity contribution < 1.29 is 24.2 Å². The molecular formula is C20H18N2O6S. The van der Waals surface area contributed by atoms with Crippen LogP contribution in [0, 0.1) is 6.92 Å². The van der Waals surface area contributed by atoms with Crippen LogP contribution in [0.5, 0.6) is 5.75 Å². The van der Waals surface area contributed by atoms with Crippen LogP contribution in [0.4, 0.5) is 0 Å². The molecule has 0 saturated carbocycles. The highest BCUT2D eigenvalue weighted by Gasteiger charge is 2.19. The number of aromatic nitrogens is 2. The van der Waals surface area contributed by atoms with Crippen LogP contribution < -0.4 is 10.3 Å². The summed E-state index contributed by atoms with van der Waals surface area (Å²) in [5.74, 6) is -0.715. The zero-order chi connectivity index (χ0) is 21.0. The van der Waals surface area contributed by atoms with E-state index in [2.05, 4.69) is 9.97 Å². The van der Waals surface area contributed by atoms with Gasteiger partial charge in [0.1, 0.15) is 21.3 Å². The maximum Gasteiger partial charge on any atom is 0.348 e. The third-order valence-electron chi connectivity index (χ3n) is 3.96. The number of esters is 1. The highest BCUT2D eigenvalue weighted by atomic mass is 32.1. The number of aromatic amines is 1. The normalized spacial score (nSPS) is 11.1. The van der Waals surface area contributed by atoms with E-state index >= 15 is 0 Å². The summed E-state index contributed by atoms with van der Waals surface area (Å²) in [6.07, 6.45) is 3.39. The molecule has 150 valence electrons. The number of carboxylic acid groups (broad SMARTS) is 1. The lowest BCUT2D eigenvalue weighted by molar-refractivity contribution is -0.139. The van der Waals surface area contributed by atoms with Crippen LogP contribution >= 0.6 is 11.3 Å². The van der Waals surface area contributed by atoms with Gasteiger partial charge in [-0.05, 0) is 43.2 Å². The number of hydrogen-bond donors (Lipinski definition) is 2. The summed E-state index contributed by atoms with van der Waals surface area (Å²) in [6.45, 7) is 3.27. The Labute approximate surface area is 169 Å². The zero-order valence-corrected chi connectivity index (χ0v) is 16.5. The summed E-state index contributed by atoms with van der Waals surface area (Å²) in [6, 6.07) is 6.80. The van der Waals surface area contributed by atoms with Gasteiger partial charge in [0.15, 0.2) is 6.61 Å². The molecule has 0 aliphatic heterocycles. The highest BCUT2D eigenvalue weighted by molar-refractivity contribution is 7.20. The van der Waals surface area contributed by atoms with Crippen molar-refractivity contribution in [2.45, 2.75) is 13.8 Å². The molecule has 29 heavy (non-hydrogen) atoms. The van der Waals surface area contributed by atoms with Crippen LogP contribution in [-0.2, 0) is 9.53 Å². The lowest BCUT2D eigenvalue weighted by atomic mass is 10.2. The van der Waals surface area contributed by atoms with E-state index in [1.165, 1.54) is 0 Å². The van der Waals surface area contributed by atoms with Gasteiger partial charge in [0, 0.05) is 0 Å². The molecule has 0 spiro atoms. The largest absolute Gasteiger partial charge is 0.482 e. The van der Waals surface area contributed by atoms with Gasteiger partial charge in [-0.25, -0.2) is 14.6 Å². The van der Waals surface area contributed by atoms with Gasteiger partial charge in [-0.15, -0.1) is 11.3 Å². The predicted octanol–water partition coefficient (Wildman–Crippen LogP) is 3.10. The van der Waals surface area contributed by atoms with Gasteiger partial charge >= 0.3 is 11.9 Å². The van der Waals surface area contributed by atoms with E-state index in [0.29, 0.717) is 32.2 Å². The van der Waals surface area contributed by atoms with E-state index in [4.69, 9.17) is 14.6 Å². The number of rotatable bonds is 7. The van der Waals surface area contributed by atoms with Crippen molar-refractivity contribution in [3.05, 3.63) is 56.4 Å². The first-order valence-corrected chi connectivity index (χ1v) is 9.54. The number of nitrogens with one attached hydrogen (secondary N) is 1. The molecule has 2 heterocycles. The number of thiophene rings is 1. The van der Waals surface area contributed by atoms with Crippen LogP contribution in [0.15, 0.2) is 29.1 Å². The first kappa shape index (κ1) is 20.3. The highest BCUT2D eigenvalue weighted by Crippen LogP contribution is 2.27. The summed E-state index contributed by atoms with van der Waals surface area (Å²) in [4.78, 5) is 43.0. The Hall–Kier alpha value is -3.46. The molecule has 0 bridgehead atoms. The fraction of sp³-hybridized carbons (Fsp3) is 0.200. The second-order valence-electron chi connectivity index (χ2n) is 5.99. The van der Waals surface area contributed by atoms with Gasteiger partial charge in [-0.3, -0.25) is 4.79 Å². The van der Waals surface area contributed by atoms with Crippen molar-refractivity contribution in [3.63, 3.8) is 0 Å². The molecule has 0 unspecified atom stereocenters.